The van der Waals surface area contributed by atoms with E-state index in [2.05, 4.69) is 10.2 Å². The first-order chi connectivity index (χ1) is 10.4. The molecule has 1 aromatic carbocycles. The molecule has 1 aliphatic heterocycles. The fraction of sp³-hybridized carbons (Fsp3) is 0.588. The third-order valence-corrected chi connectivity index (χ3v) is 4.80. The standard InChI is InChI=1S/C17H26N2OS/c20-17(16-8-4-3-5-9-16)14-18-10-6-1-2-7-11-19-12-13-21-15-19/h3-5,8-9,18H,1-2,6-7,10-15H2. The van der Waals surface area contributed by atoms with Crippen molar-refractivity contribution in [3.8, 4) is 0 Å². The van der Waals surface area contributed by atoms with E-state index in [0.29, 0.717) is 6.54 Å². The van der Waals surface area contributed by atoms with E-state index >= 15 is 0 Å². The second-order valence-corrected chi connectivity index (χ2v) is 6.61. The fourth-order valence-electron chi connectivity index (χ4n) is 2.50. The van der Waals surface area contributed by atoms with Crippen LogP contribution in [0.5, 0.6) is 0 Å². The molecule has 116 valence electrons. The van der Waals surface area contributed by atoms with Crippen LogP contribution in [0.25, 0.3) is 0 Å². The third-order valence-electron chi connectivity index (χ3n) is 3.78. The molecule has 3 nitrogen and oxygen atoms in total. The third kappa shape index (κ3) is 6.64. The minimum absolute atomic E-state index is 0.183. The van der Waals surface area contributed by atoms with Gasteiger partial charge in [-0.1, -0.05) is 43.2 Å². The average molecular weight is 306 g/mol. The minimum atomic E-state index is 0.183. The van der Waals surface area contributed by atoms with Crippen LogP contribution < -0.4 is 5.32 Å². The van der Waals surface area contributed by atoms with Crippen LogP contribution in [0.3, 0.4) is 0 Å². The lowest BCUT2D eigenvalue weighted by molar-refractivity contribution is 0.0991. The van der Waals surface area contributed by atoms with Crippen molar-refractivity contribution >= 4 is 17.5 Å². The number of nitrogens with zero attached hydrogens (tertiary/aromatic N) is 1. The first-order valence-corrected chi connectivity index (χ1v) is 9.11. The number of nitrogens with one attached hydrogen (secondary N) is 1. The Bertz CT molecular complexity index is 405. The number of Topliss-reactive ketones (excluding diaryl/α,β-unsaturated/α-hetero) is 1. The van der Waals surface area contributed by atoms with E-state index in [9.17, 15) is 4.79 Å². The van der Waals surface area contributed by atoms with Gasteiger partial charge in [-0.15, -0.1) is 11.8 Å². The van der Waals surface area contributed by atoms with E-state index < -0.39 is 0 Å². The minimum Gasteiger partial charge on any atom is -0.310 e. The van der Waals surface area contributed by atoms with Crippen molar-refractivity contribution in [1.82, 2.24) is 10.2 Å². The lowest BCUT2D eigenvalue weighted by atomic mass is 10.1. The van der Waals surface area contributed by atoms with Crippen LogP contribution in [-0.4, -0.2) is 48.5 Å². The van der Waals surface area contributed by atoms with Gasteiger partial charge in [-0.2, -0.15) is 0 Å². The van der Waals surface area contributed by atoms with Crippen molar-refractivity contribution < 1.29 is 4.79 Å². The van der Waals surface area contributed by atoms with Crippen LogP contribution in [0.1, 0.15) is 36.0 Å². The SMILES string of the molecule is O=C(CNCCCCCCN1CCSC1)c1ccccc1. The van der Waals surface area contributed by atoms with Gasteiger partial charge in [0.15, 0.2) is 5.78 Å². The second kappa shape index (κ2) is 9.98. The second-order valence-electron chi connectivity index (χ2n) is 5.54. The highest BCUT2D eigenvalue weighted by molar-refractivity contribution is 7.99. The number of carbonyl (C=O) groups excluding carboxylic acids is 1. The molecule has 1 heterocycles. The fourth-order valence-corrected chi connectivity index (χ4v) is 3.53. The van der Waals surface area contributed by atoms with Gasteiger partial charge in [0.25, 0.3) is 0 Å². The van der Waals surface area contributed by atoms with Crippen LogP contribution in [0.15, 0.2) is 30.3 Å². The van der Waals surface area contributed by atoms with Gasteiger partial charge < -0.3 is 5.32 Å². The van der Waals surface area contributed by atoms with E-state index in [4.69, 9.17) is 0 Å². The zero-order valence-corrected chi connectivity index (χ0v) is 13.5. The molecule has 0 aromatic heterocycles. The first-order valence-electron chi connectivity index (χ1n) is 7.95. The van der Waals surface area contributed by atoms with E-state index in [0.717, 1.165) is 18.5 Å². The summed E-state index contributed by atoms with van der Waals surface area (Å²) in [7, 11) is 0. The van der Waals surface area contributed by atoms with Crippen LogP contribution in [0.2, 0.25) is 0 Å². The quantitative estimate of drug-likeness (QED) is 0.532. The summed E-state index contributed by atoms with van der Waals surface area (Å²) in [4.78, 5) is 14.4. The Labute approximate surface area is 132 Å². The molecule has 0 bridgehead atoms. The van der Waals surface area contributed by atoms with Gasteiger partial charge in [0.1, 0.15) is 0 Å². The van der Waals surface area contributed by atoms with Crippen LogP contribution in [0, 0.1) is 0 Å². The predicted octanol–water partition coefficient (Wildman–Crippen LogP) is 3.03. The molecule has 2 rings (SSSR count). The lowest BCUT2D eigenvalue weighted by Gasteiger charge is -2.12. The Morgan fingerprint density at radius 1 is 1.14 bits per heavy atom. The van der Waals surface area contributed by atoms with Crippen molar-refractivity contribution in [2.75, 3.05) is 37.8 Å². The molecule has 0 aliphatic carbocycles. The molecule has 0 unspecified atom stereocenters. The molecule has 0 radical (unpaired) electrons. The molecule has 21 heavy (non-hydrogen) atoms. The summed E-state index contributed by atoms with van der Waals surface area (Å²) >= 11 is 2.04. The summed E-state index contributed by atoms with van der Waals surface area (Å²) in [5.74, 6) is 2.71. The topological polar surface area (TPSA) is 32.3 Å². The maximum absolute atomic E-state index is 11.9. The number of thioether (sulfide) groups is 1. The van der Waals surface area contributed by atoms with Gasteiger partial charge in [0, 0.05) is 23.7 Å². The van der Waals surface area contributed by atoms with E-state index in [-0.39, 0.29) is 5.78 Å². The van der Waals surface area contributed by atoms with E-state index in [1.54, 1.807) is 0 Å². The zero-order valence-electron chi connectivity index (χ0n) is 12.7. The normalized spacial score (nSPS) is 15.4. The Kier molecular flexibility index (Phi) is 7.86. The average Bonchev–Trinajstić information content (AvgIpc) is 3.04. The summed E-state index contributed by atoms with van der Waals surface area (Å²) in [6.45, 7) is 3.92. The molecule has 0 saturated carbocycles. The van der Waals surface area contributed by atoms with Crippen LogP contribution in [-0.2, 0) is 0 Å². The molecule has 1 fully saturated rings. The van der Waals surface area contributed by atoms with Gasteiger partial charge in [0.05, 0.1) is 6.54 Å². The van der Waals surface area contributed by atoms with Gasteiger partial charge in [-0.3, -0.25) is 9.69 Å². The first kappa shape index (κ1) is 16.5. The number of rotatable bonds is 10. The molecule has 0 atom stereocenters. The summed E-state index contributed by atoms with van der Waals surface area (Å²) < 4.78 is 0. The number of ketones is 1. The zero-order chi connectivity index (χ0) is 14.8. The maximum atomic E-state index is 11.9. The van der Waals surface area contributed by atoms with Crippen molar-refractivity contribution in [3.63, 3.8) is 0 Å². The molecule has 1 N–H and O–H groups in total. The van der Waals surface area contributed by atoms with Crippen molar-refractivity contribution in [3.05, 3.63) is 35.9 Å². The van der Waals surface area contributed by atoms with Crippen molar-refractivity contribution in [2.24, 2.45) is 0 Å². The number of hydrogen-bond acceptors (Lipinski definition) is 4. The number of benzene rings is 1. The maximum Gasteiger partial charge on any atom is 0.176 e. The Morgan fingerprint density at radius 2 is 1.95 bits per heavy atom. The summed E-state index contributed by atoms with van der Waals surface area (Å²) in [6, 6.07) is 9.50. The number of hydrogen-bond donors (Lipinski definition) is 1. The molecule has 4 heteroatoms. The van der Waals surface area contributed by atoms with Crippen molar-refractivity contribution in [1.29, 1.82) is 0 Å². The van der Waals surface area contributed by atoms with Gasteiger partial charge in [-0.25, -0.2) is 0 Å². The molecule has 1 saturated heterocycles. The monoisotopic (exact) mass is 306 g/mol. The van der Waals surface area contributed by atoms with Crippen LogP contribution in [0.4, 0.5) is 0 Å². The van der Waals surface area contributed by atoms with E-state index in [1.807, 2.05) is 42.1 Å². The Morgan fingerprint density at radius 3 is 2.71 bits per heavy atom. The smallest absolute Gasteiger partial charge is 0.176 e. The Hall–Kier alpha value is -0.840. The molecule has 0 spiro atoms. The van der Waals surface area contributed by atoms with Gasteiger partial charge in [0.2, 0.25) is 0 Å². The highest BCUT2D eigenvalue weighted by Crippen LogP contribution is 2.14. The molecular formula is C17H26N2OS. The van der Waals surface area contributed by atoms with E-state index in [1.165, 1.54) is 44.0 Å². The number of carbonyl (C=O) groups is 1. The van der Waals surface area contributed by atoms with Crippen LogP contribution >= 0.6 is 11.8 Å². The highest BCUT2D eigenvalue weighted by atomic mass is 32.2. The summed E-state index contributed by atoms with van der Waals surface area (Å²) in [6.07, 6.45) is 5.03. The molecule has 0 amide bonds. The van der Waals surface area contributed by atoms with Crippen molar-refractivity contribution in [2.45, 2.75) is 25.7 Å². The van der Waals surface area contributed by atoms with Gasteiger partial charge in [-0.05, 0) is 25.9 Å². The molecule has 1 aromatic rings. The highest BCUT2D eigenvalue weighted by Gasteiger charge is 2.10. The summed E-state index contributed by atoms with van der Waals surface area (Å²) in [5.41, 5.74) is 0.800. The molecular weight excluding hydrogens is 280 g/mol. The largest absolute Gasteiger partial charge is 0.310 e. The Balaban J connectivity index is 1.42. The lowest BCUT2D eigenvalue weighted by Crippen LogP contribution is -2.24. The number of unbranched alkanes of at least 4 members (excludes halogenated alkanes) is 3. The summed E-state index contributed by atoms with van der Waals surface area (Å²) in [5, 5.41) is 3.25. The molecule has 1 aliphatic rings. The van der Waals surface area contributed by atoms with Gasteiger partial charge >= 0.3 is 0 Å². The predicted molar refractivity (Wildman–Crippen MR) is 91.0 cm³/mol.